The van der Waals surface area contributed by atoms with E-state index in [0.717, 1.165) is 0 Å². The SMILES string of the molecule is CC(=CCNc1ncnc2c1ncn2C1OC(CO)C(O)C1O)COC1OC(CO)C(OC2OCC(O)C(O)C2O)C(OC2OC(CO)C(OC3OC(CO)C(O)C(O)C3OC3OC(CO)C(O)C(O)C3O)C2O)C1O. The minimum Gasteiger partial charge on any atom is -0.394 e. The van der Waals surface area contributed by atoms with Gasteiger partial charge in [0.05, 0.1) is 52.6 Å². The summed E-state index contributed by atoms with van der Waals surface area (Å²) in [6.45, 7) is -3.12. The zero-order valence-corrected chi connectivity index (χ0v) is 40.4. The normalized spacial score (nSPS) is 45.4. The van der Waals surface area contributed by atoms with E-state index >= 15 is 0 Å². The number of hydrogen-bond acceptors (Lipinski definition) is 32. The molecule has 6 fully saturated rings. The number of aromatic nitrogens is 4. The first-order chi connectivity index (χ1) is 36.3. The van der Waals surface area contributed by atoms with E-state index in [0.29, 0.717) is 5.57 Å². The van der Waals surface area contributed by atoms with Gasteiger partial charge in [0, 0.05) is 6.54 Å². The zero-order chi connectivity index (χ0) is 54.9. The second-order valence-corrected chi connectivity index (χ2v) is 19.0. The van der Waals surface area contributed by atoms with Crippen molar-refractivity contribution in [2.45, 2.75) is 173 Å². The monoisotopic (exact) mass is 1100 g/mol. The number of aliphatic hydroxyl groups is 17. The molecule has 18 N–H and O–H groups in total. The Bertz CT molecular complexity index is 2190. The molecule has 76 heavy (non-hydrogen) atoms. The van der Waals surface area contributed by atoms with Crippen LogP contribution >= 0.6 is 0 Å². The summed E-state index contributed by atoms with van der Waals surface area (Å²) in [5.41, 5.74) is 1.05. The van der Waals surface area contributed by atoms with Gasteiger partial charge in [-0.2, -0.15) is 0 Å². The summed E-state index contributed by atoms with van der Waals surface area (Å²) in [4.78, 5) is 12.8. The highest BCUT2D eigenvalue weighted by molar-refractivity contribution is 5.82. The molecule has 2 aromatic rings. The fraction of sp³-hybridized carbons (Fsp3) is 0.837. The molecule has 33 nitrogen and oxygen atoms in total. The van der Waals surface area contributed by atoms with Crippen LogP contribution in [0.2, 0.25) is 0 Å². The Labute approximate surface area is 430 Å². The van der Waals surface area contributed by atoms with Gasteiger partial charge in [0.1, 0.15) is 135 Å². The standard InChI is InChI=1S/C43H67N5O28/c1-13(2-3-44-36-20-37(46-11-45-36)48(12-47-20)38-27(61)24(58)15(4-49)68-38)9-66-40-31(65)34(33(19(8-53)71-40)74-39-28(62)21(55)14(54)10-67-39)75-42-30(64)32(18(7-52)72-42)73-43-35(26(60)23(57)17(6-51)70-43)76-41-29(63)25(59)22(56)16(5-50)69-41/h2,11-12,14-19,21-35,38-43,49-65H,3-10H2,1H3,(H,44,45,46). The Morgan fingerprint density at radius 3 is 1.74 bits per heavy atom. The topological polar surface area (TPSA) is 501 Å². The maximum atomic E-state index is 11.9. The number of fused-ring (bicyclic) bond motifs is 1. The highest BCUT2D eigenvalue weighted by Gasteiger charge is 2.57. The first kappa shape index (κ1) is 59.1. The van der Waals surface area contributed by atoms with E-state index in [1.165, 1.54) is 17.2 Å². The fourth-order valence-electron chi connectivity index (χ4n) is 9.51. The van der Waals surface area contributed by atoms with Gasteiger partial charge in [-0.3, -0.25) is 4.57 Å². The van der Waals surface area contributed by atoms with Crippen LogP contribution in [0, 0.1) is 0 Å². The number of ether oxygens (including phenoxy) is 11. The van der Waals surface area contributed by atoms with Crippen LogP contribution < -0.4 is 5.32 Å². The Hall–Kier alpha value is -3.03. The minimum absolute atomic E-state index is 0.111. The van der Waals surface area contributed by atoms with E-state index in [1.807, 2.05) is 0 Å². The van der Waals surface area contributed by atoms with Gasteiger partial charge >= 0.3 is 0 Å². The summed E-state index contributed by atoms with van der Waals surface area (Å²) in [5, 5.41) is 182. The number of imidazole rings is 1. The van der Waals surface area contributed by atoms with Crippen molar-refractivity contribution >= 4 is 17.0 Å². The second-order valence-electron chi connectivity index (χ2n) is 19.0. The fourth-order valence-corrected chi connectivity index (χ4v) is 9.51. The van der Waals surface area contributed by atoms with Crippen molar-refractivity contribution in [3.05, 3.63) is 24.3 Å². The molecule has 27 unspecified atom stereocenters. The number of nitrogens with one attached hydrogen (secondary N) is 1. The molecular weight excluding hydrogens is 1030 g/mol. The molecule has 2 aromatic heterocycles. The maximum absolute atomic E-state index is 11.9. The Balaban J connectivity index is 0.973. The molecule has 6 aliphatic rings. The summed E-state index contributed by atoms with van der Waals surface area (Å²) in [5.74, 6) is 0.267. The molecule has 0 radical (unpaired) electrons. The Kier molecular flexibility index (Phi) is 19.9. The molecule has 0 bridgehead atoms. The molecule has 33 heteroatoms. The lowest BCUT2D eigenvalue weighted by atomic mass is 9.97. The van der Waals surface area contributed by atoms with Crippen LogP contribution in [0.25, 0.3) is 11.2 Å². The van der Waals surface area contributed by atoms with Crippen molar-refractivity contribution in [3.8, 4) is 0 Å². The van der Waals surface area contributed by atoms with Gasteiger partial charge in [-0.25, -0.2) is 15.0 Å². The van der Waals surface area contributed by atoms with Crippen LogP contribution in [0.4, 0.5) is 5.82 Å². The van der Waals surface area contributed by atoms with Gasteiger partial charge < -0.3 is 144 Å². The number of hydrogen-bond donors (Lipinski definition) is 18. The highest BCUT2D eigenvalue weighted by Crippen LogP contribution is 2.38. The van der Waals surface area contributed by atoms with Gasteiger partial charge in [0.2, 0.25) is 0 Å². The van der Waals surface area contributed by atoms with E-state index in [9.17, 15) is 86.8 Å². The lowest BCUT2D eigenvalue weighted by molar-refractivity contribution is -0.374. The average molecular weight is 1100 g/mol. The molecule has 8 heterocycles. The van der Waals surface area contributed by atoms with Crippen molar-refractivity contribution in [2.24, 2.45) is 0 Å². The van der Waals surface area contributed by atoms with Crippen LogP contribution in [0.15, 0.2) is 24.3 Å². The van der Waals surface area contributed by atoms with E-state index in [1.54, 1.807) is 13.0 Å². The summed E-state index contributed by atoms with van der Waals surface area (Å²) in [7, 11) is 0. The van der Waals surface area contributed by atoms with Crippen LogP contribution in [0.1, 0.15) is 13.2 Å². The summed E-state index contributed by atoms with van der Waals surface area (Å²) < 4.78 is 65.1. The quantitative estimate of drug-likeness (QED) is 0.0548. The molecule has 8 rings (SSSR count). The maximum Gasteiger partial charge on any atom is 0.187 e. The lowest BCUT2D eigenvalue weighted by Gasteiger charge is -2.47. The van der Waals surface area contributed by atoms with Crippen molar-refractivity contribution in [1.82, 2.24) is 19.5 Å². The van der Waals surface area contributed by atoms with Crippen LogP contribution in [0.3, 0.4) is 0 Å². The predicted octanol–water partition coefficient (Wildman–Crippen LogP) is -10.8. The highest BCUT2D eigenvalue weighted by atomic mass is 16.8. The first-order valence-corrected chi connectivity index (χ1v) is 24.3. The molecule has 27 atom stereocenters. The van der Waals surface area contributed by atoms with Crippen LogP contribution in [-0.2, 0) is 52.1 Å². The number of nitrogens with zero attached hydrogens (tertiary/aromatic N) is 4. The van der Waals surface area contributed by atoms with E-state index in [4.69, 9.17) is 52.1 Å². The third-order valence-electron chi connectivity index (χ3n) is 13.9. The Morgan fingerprint density at radius 2 is 1.07 bits per heavy atom. The van der Waals surface area contributed by atoms with Gasteiger partial charge in [0.25, 0.3) is 0 Å². The predicted molar refractivity (Wildman–Crippen MR) is 239 cm³/mol. The molecule has 0 aromatic carbocycles. The summed E-state index contributed by atoms with van der Waals surface area (Å²) in [6.07, 6.45) is -41.9. The number of rotatable bonds is 20. The number of anilines is 1. The molecule has 6 aliphatic heterocycles. The van der Waals surface area contributed by atoms with Gasteiger partial charge in [-0.1, -0.05) is 6.08 Å². The first-order valence-electron chi connectivity index (χ1n) is 24.3. The smallest absolute Gasteiger partial charge is 0.187 e. The molecule has 0 spiro atoms. The second kappa shape index (κ2) is 25.6. The van der Waals surface area contributed by atoms with E-state index < -0.39 is 206 Å². The minimum atomic E-state index is -2.02. The van der Waals surface area contributed by atoms with E-state index in [2.05, 4.69) is 20.3 Å². The average Bonchev–Trinajstić information content (AvgIpc) is 4.08. The van der Waals surface area contributed by atoms with E-state index in [-0.39, 0.29) is 30.1 Å². The molecule has 0 amide bonds. The lowest BCUT2D eigenvalue weighted by Crippen LogP contribution is -2.65. The van der Waals surface area contributed by atoms with Gasteiger partial charge in [-0.15, -0.1) is 0 Å². The van der Waals surface area contributed by atoms with Gasteiger partial charge in [0.15, 0.2) is 54.7 Å². The van der Waals surface area contributed by atoms with Crippen molar-refractivity contribution in [2.75, 3.05) is 58.1 Å². The molecule has 432 valence electrons. The van der Waals surface area contributed by atoms with Gasteiger partial charge in [-0.05, 0) is 12.5 Å². The third-order valence-corrected chi connectivity index (χ3v) is 13.9. The van der Waals surface area contributed by atoms with Crippen molar-refractivity contribution < 1.29 is 139 Å². The van der Waals surface area contributed by atoms with Crippen molar-refractivity contribution in [1.29, 1.82) is 0 Å². The zero-order valence-electron chi connectivity index (χ0n) is 40.4. The third kappa shape index (κ3) is 12.0. The van der Waals surface area contributed by atoms with Crippen LogP contribution in [0.5, 0.6) is 0 Å². The molecule has 6 saturated heterocycles. The summed E-state index contributed by atoms with van der Waals surface area (Å²) >= 11 is 0. The molecule has 0 saturated carbocycles. The molecule has 0 aliphatic carbocycles. The summed E-state index contributed by atoms with van der Waals surface area (Å²) in [6, 6.07) is 0. The molecular formula is C43H67N5O28. The van der Waals surface area contributed by atoms with Crippen molar-refractivity contribution in [3.63, 3.8) is 0 Å². The largest absolute Gasteiger partial charge is 0.394 e. The van der Waals surface area contributed by atoms with Crippen LogP contribution in [-0.4, -0.2) is 319 Å². The Morgan fingerprint density at radius 1 is 0.539 bits per heavy atom. The number of aliphatic hydroxyl groups excluding tert-OH is 17.